The van der Waals surface area contributed by atoms with E-state index in [1.807, 2.05) is 91.0 Å². The minimum absolute atomic E-state index is 0.279. The summed E-state index contributed by atoms with van der Waals surface area (Å²) in [5.74, 6) is 0.688. The second-order valence-corrected chi connectivity index (χ2v) is 7.91. The van der Waals surface area contributed by atoms with Gasteiger partial charge in [-0.05, 0) is 23.3 Å². The van der Waals surface area contributed by atoms with Crippen molar-refractivity contribution in [2.75, 3.05) is 5.32 Å². The van der Waals surface area contributed by atoms with E-state index < -0.39 is 3.79 Å². The van der Waals surface area contributed by atoms with Crippen LogP contribution in [0.3, 0.4) is 0 Å². The molecule has 0 saturated carbocycles. The molecule has 0 aliphatic rings. The largest absolute Gasteiger partial charge is 0.377 e. The molecule has 0 fully saturated rings. The van der Waals surface area contributed by atoms with Crippen molar-refractivity contribution >= 4 is 40.5 Å². The van der Waals surface area contributed by atoms with Crippen molar-refractivity contribution in [1.82, 2.24) is 0 Å². The number of anilines is 1. The van der Waals surface area contributed by atoms with Gasteiger partial charge in [0.15, 0.2) is 0 Å². The number of alkyl halides is 3. The van der Waals surface area contributed by atoms with Crippen LogP contribution in [0.1, 0.15) is 17.2 Å². The van der Waals surface area contributed by atoms with Crippen molar-refractivity contribution in [2.24, 2.45) is 0 Å². The molecule has 25 heavy (non-hydrogen) atoms. The van der Waals surface area contributed by atoms with Gasteiger partial charge in [-0.2, -0.15) is 0 Å². The molecule has 4 heteroatoms. The van der Waals surface area contributed by atoms with Crippen molar-refractivity contribution in [3.05, 3.63) is 108 Å². The summed E-state index contributed by atoms with van der Waals surface area (Å²) in [5.41, 5.74) is 2.87. The molecule has 3 aromatic carbocycles. The van der Waals surface area contributed by atoms with Crippen molar-refractivity contribution in [1.29, 1.82) is 0 Å². The second-order valence-electron chi connectivity index (χ2n) is 5.63. The predicted molar refractivity (Wildman–Crippen MR) is 108 cm³/mol. The standard InChI is InChI=1S/C21H17Cl3N/c22-21(23,24)19(16-10-4-1-5-11-16)20(17-12-6-2-7-13-17)25-18-14-8-3-9-15-18/h1-15,20,25H. The van der Waals surface area contributed by atoms with Crippen LogP contribution >= 0.6 is 34.8 Å². The summed E-state index contributed by atoms with van der Waals surface area (Å²) in [6.07, 6.45) is 0. The molecule has 0 aliphatic carbocycles. The lowest BCUT2D eigenvalue weighted by molar-refractivity contribution is 0.781. The first-order valence-corrected chi connectivity index (χ1v) is 9.05. The Morgan fingerprint density at radius 3 is 1.68 bits per heavy atom. The third-order valence-corrected chi connectivity index (χ3v) is 4.51. The van der Waals surface area contributed by atoms with Gasteiger partial charge in [0.05, 0.1) is 12.0 Å². The van der Waals surface area contributed by atoms with Gasteiger partial charge in [0.25, 0.3) is 0 Å². The molecule has 1 N–H and O–H groups in total. The quantitative estimate of drug-likeness (QED) is 0.471. The molecule has 1 atom stereocenters. The van der Waals surface area contributed by atoms with E-state index in [9.17, 15) is 0 Å². The Morgan fingerprint density at radius 1 is 0.680 bits per heavy atom. The first kappa shape index (κ1) is 18.1. The van der Waals surface area contributed by atoms with E-state index in [2.05, 4.69) is 5.32 Å². The van der Waals surface area contributed by atoms with Crippen LogP contribution in [0.4, 0.5) is 5.69 Å². The van der Waals surface area contributed by atoms with Gasteiger partial charge < -0.3 is 5.32 Å². The summed E-state index contributed by atoms with van der Waals surface area (Å²) < 4.78 is -1.55. The molecule has 0 amide bonds. The molecule has 1 nitrogen and oxygen atoms in total. The summed E-state index contributed by atoms with van der Waals surface area (Å²) in [5, 5.41) is 3.51. The van der Waals surface area contributed by atoms with Crippen molar-refractivity contribution in [2.45, 2.75) is 9.83 Å². The SMILES string of the molecule is ClC(Cl)(Cl)[C](c1ccccc1)C(Nc1ccccc1)c1ccccc1. The molecular formula is C21H17Cl3N. The molecular weight excluding hydrogens is 373 g/mol. The van der Waals surface area contributed by atoms with E-state index in [0.29, 0.717) is 5.92 Å². The number of para-hydroxylation sites is 1. The summed E-state index contributed by atoms with van der Waals surface area (Å²) in [7, 11) is 0. The van der Waals surface area contributed by atoms with Gasteiger partial charge in [0, 0.05) is 5.69 Å². The maximum atomic E-state index is 6.40. The summed E-state index contributed by atoms with van der Waals surface area (Å²) in [6, 6.07) is 29.4. The van der Waals surface area contributed by atoms with Crippen molar-refractivity contribution in [3.63, 3.8) is 0 Å². The Hall–Kier alpha value is -1.67. The number of benzene rings is 3. The van der Waals surface area contributed by atoms with Gasteiger partial charge in [-0.15, -0.1) is 0 Å². The summed E-state index contributed by atoms with van der Waals surface area (Å²) in [4.78, 5) is 0. The van der Waals surface area contributed by atoms with E-state index >= 15 is 0 Å². The van der Waals surface area contributed by atoms with Gasteiger partial charge in [-0.25, -0.2) is 0 Å². The highest BCUT2D eigenvalue weighted by Gasteiger charge is 2.41. The fourth-order valence-electron chi connectivity index (χ4n) is 2.78. The third-order valence-electron chi connectivity index (χ3n) is 3.90. The van der Waals surface area contributed by atoms with E-state index in [-0.39, 0.29) is 6.04 Å². The maximum absolute atomic E-state index is 6.40. The van der Waals surface area contributed by atoms with Crippen molar-refractivity contribution in [3.8, 4) is 0 Å². The minimum Gasteiger partial charge on any atom is -0.377 e. The molecule has 3 rings (SSSR count). The second kappa shape index (κ2) is 8.14. The Balaban J connectivity index is 2.07. The lowest BCUT2D eigenvalue weighted by Gasteiger charge is -2.33. The zero-order valence-electron chi connectivity index (χ0n) is 13.4. The van der Waals surface area contributed by atoms with E-state index in [1.54, 1.807) is 0 Å². The molecule has 0 aliphatic heterocycles. The number of hydrogen-bond donors (Lipinski definition) is 1. The summed E-state index contributed by atoms with van der Waals surface area (Å²) in [6.45, 7) is 0. The molecule has 1 radical (unpaired) electrons. The predicted octanol–water partition coefficient (Wildman–Crippen LogP) is 6.83. The topological polar surface area (TPSA) is 12.0 Å². The molecule has 0 bridgehead atoms. The van der Waals surface area contributed by atoms with Crippen LogP contribution in [0.25, 0.3) is 0 Å². The zero-order chi connectivity index (χ0) is 17.7. The fourth-order valence-corrected chi connectivity index (χ4v) is 3.44. The number of nitrogens with one attached hydrogen (secondary N) is 1. The first-order chi connectivity index (χ1) is 12.1. The average molecular weight is 390 g/mol. The molecule has 0 heterocycles. The van der Waals surface area contributed by atoms with Gasteiger partial charge in [-0.1, -0.05) is 114 Å². The van der Waals surface area contributed by atoms with Crippen LogP contribution < -0.4 is 5.32 Å². The molecule has 1 unspecified atom stereocenters. The smallest absolute Gasteiger partial charge is 0.203 e. The molecule has 127 valence electrons. The Kier molecular flexibility index (Phi) is 5.90. The lowest BCUT2D eigenvalue weighted by Crippen LogP contribution is -2.30. The molecule has 3 aromatic rings. The minimum atomic E-state index is -1.55. The van der Waals surface area contributed by atoms with Crippen LogP contribution in [0.2, 0.25) is 0 Å². The van der Waals surface area contributed by atoms with Gasteiger partial charge in [0.1, 0.15) is 0 Å². The fraction of sp³-hybridized carbons (Fsp3) is 0.0952. The number of rotatable bonds is 5. The van der Waals surface area contributed by atoms with Crippen molar-refractivity contribution < 1.29 is 0 Å². The van der Waals surface area contributed by atoms with Crippen LogP contribution in [0.15, 0.2) is 91.0 Å². The lowest BCUT2D eigenvalue weighted by atomic mass is 9.87. The molecule has 0 spiro atoms. The maximum Gasteiger partial charge on any atom is 0.203 e. The van der Waals surface area contributed by atoms with Crippen LogP contribution in [0.5, 0.6) is 0 Å². The van der Waals surface area contributed by atoms with E-state index in [1.165, 1.54) is 0 Å². The third kappa shape index (κ3) is 4.70. The first-order valence-electron chi connectivity index (χ1n) is 7.92. The monoisotopic (exact) mass is 388 g/mol. The van der Waals surface area contributed by atoms with E-state index in [0.717, 1.165) is 16.8 Å². The normalized spacial score (nSPS) is 12.8. The highest BCUT2D eigenvalue weighted by atomic mass is 35.6. The average Bonchev–Trinajstić information content (AvgIpc) is 2.63. The summed E-state index contributed by atoms with van der Waals surface area (Å²) >= 11 is 19.2. The van der Waals surface area contributed by atoms with Gasteiger partial charge >= 0.3 is 0 Å². The van der Waals surface area contributed by atoms with Gasteiger partial charge in [-0.3, -0.25) is 0 Å². The zero-order valence-corrected chi connectivity index (χ0v) is 15.6. The Labute approximate surface area is 163 Å². The van der Waals surface area contributed by atoms with Crippen LogP contribution in [-0.2, 0) is 0 Å². The van der Waals surface area contributed by atoms with Crippen LogP contribution in [0, 0.1) is 5.92 Å². The molecule has 0 aromatic heterocycles. The number of hydrogen-bond acceptors (Lipinski definition) is 1. The Morgan fingerprint density at radius 2 is 1.16 bits per heavy atom. The van der Waals surface area contributed by atoms with Crippen LogP contribution in [-0.4, -0.2) is 3.79 Å². The molecule has 0 saturated heterocycles. The van der Waals surface area contributed by atoms with Gasteiger partial charge in [0.2, 0.25) is 3.79 Å². The van der Waals surface area contributed by atoms with E-state index in [4.69, 9.17) is 34.8 Å². The number of halogens is 3. The highest BCUT2D eigenvalue weighted by Crippen LogP contribution is 2.48. The highest BCUT2D eigenvalue weighted by molar-refractivity contribution is 6.69. The Bertz CT molecular complexity index is 771.